The average molecular weight is 381 g/mol. The molecule has 0 aliphatic rings. The fourth-order valence-corrected chi connectivity index (χ4v) is 2.82. The molecule has 5 N–H and O–H groups in total. The summed E-state index contributed by atoms with van der Waals surface area (Å²) in [5.41, 5.74) is 9.66. The van der Waals surface area contributed by atoms with Crippen LogP contribution in [0.25, 0.3) is 10.9 Å². The zero-order valence-electron chi connectivity index (χ0n) is 15.3. The minimum absolute atomic E-state index is 0.223. The van der Waals surface area contributed by atoms with Crippen LogP contribution in [0.1, 0.15) is 11.3 Å². The van der Waals surface area contributed by atoms with Crippen LogP contribution in [-0.4, -0.2) is 28.1 Å². The average Bonchev–Trinajstić information content (AvgIpc) is 2.62. The highest BCUT2D eigenvalue weighted by atomic mass is 32.1. The Morgan fingerprint density at radius 1 is 1.11 bits per heavy atom. The number of hydrogen-bond acceptors (Lipinski definition) is 4. The molecule has 3 rings (SSSR count). The molecule has 2 aromatic carbocycles. The maximum Gasteiger partial charge on any atom is 0.312 e. The molecule has 1 aromatic heterocycles. The van der Waals surface area contributed by atoms with E-state index < -0.39 is 0 Å². The number of aryl methyl sites for hydroxylation is 2. The van der Waals surface area contributed by atoms with E-state index in [0.29, 0.717) is 11.1 Å². The molecule has 0 saturated heterocycles. The van der Waals surface area contributed by atoms with E-state index in [9.17, 15) is 0 Å². The molecule has 138 valence electrons. The second kappa shape index (κ2) is 7.96. The number of benzene rings is 2. The highest BCUT2D eigenvalue weighted by Gasteiger charge is 2.09. The summed E-state index contributed by atoms with van der Waals surface area (Å²) in [6.45, 7) is 3.98. The fraction of sp³-hybridized carbons (Fsp3) is 0.158. The van der Waals surface area contributed by atoms with Gasteiger partial charge < -0.3 is 10.5 Å². The number of aromatic nitrogens is 2. The molecule has 27 heavy (non-hydrogen) atoms. The minimum atomic E-state index is 0.223. The van der Waals surface area contributed by atoms with Crippen LogP contribution in [0.15, 0.2) is 42.5 Å². The Hall–Kier alpha value is -3.26. The van der Waals surface area contributed by atoms with Gasteiger partial charge in [0.1, 0.15) is 5.75 Å². The lowest BCUT2D eigenvalue weighted by molar-refractivity contribution is -0.311. The highest BCUT2D eigenvalue weighted by Crippen LogP contribution is 2.18. The van der Waals surface area contributed by atoms with E-state index in [1.807, 2.05) is 50.2 Å². The molecule has 0 spiro atoms. The summed E-state index contributed by atoms with van der Waals surface area (Å²) < 4.78 is 5.19. The number of hydrogen-bond donors (Lipinski definition) is 4. The summed E-state index contributed by atoms with van der Waals surface area (Å²) in [5, 5.41) is 7.33. The summed E-state index contributed by atoms with van der Waals surface area (Å²) in [6.07, 6.45) is 0. The van der Waals surface area contributed by atoms with Crippen molar-refractivity contribution in [1.82, 2.24) is 9.97 Å². The number of nitrogens with two attached hydrogens (primary N) is 1. The molecule has 0 amide bonds. The number of thiocarbonyl (C=S) groups is 1. The molecule has 7 nitrogen and oxygen atoms in total. The molecule has 0 saturated carbocycles. The van der Waals surface area contributed by atoms with Crippen LogP contribution in [0.2, 0.25) is 0 Å². The number of nitrogens with zero attached hydrogens (tertiary/aromatic N) is 2. The largest absolute Gasteiger partial charge is 0.497 e. The van der Waals surface area contributed by atoms with Crippen LogP contribution < -0.4 is 26.1 Å². The van der Waals surface area contributed by atoms with Crippen molar-refractivity contribution in [2.45, 2.75) is 13.8 Å². The van der Waals surface area contributed by atoms with Gasteiger partial charge in [0.2, 0.25) is 0 Å². The smallest absolute Gasteiger partial charge is 0.312 e. The van der Waals surface area contributed by atoms with Crippen molar-refractivity contribution >= 4 is 45.8 Å². The van der Waals surface area contributed by atoms with Crippen molar-refractivity contribution in [2.24, 2.45) is 5.73 Å². The predicted molar refractivity (Wildman–Crippen MR) is 112 cm³/mol. The van der Waals surface area contributed by atoms with Crippen molar-refractivity contribution in [3.63, 3.8) is 0 Å². The molecule has 0 atom stereocenters. The van der Waals surface area contributed by atoms with Gasteiger partial charge in [-0.2, -0.15) is 0 Å². The Balaban J connectivity index is 1.73. The molecule has 0 aliphatic heterocycles. The first-order chi connectivity index (χ1) is 12.9. The SMILES string of the molecule is COc1cccc(NC(=S)[NH+]=C(N)Nc2nc(C)c3cc(C)ccc3n2)c1. The molecular formula is C19H21N6OS+. The van der Waals surface area contributed by atoms with Crippen molar-refractivity contribution in [2.75, 3.05) is 17.7 Å². The lowest BCUT2D eigenvalue weighted by Gasteiger charge is -2.06. The molecule has 0 radical (unpaired) electrons. The van der Waals surface area contributed by atoms with Crippen molar-refractivity contribution < 1.29 is 9.73 Å². The van der Waals surface area contributed by atoms with Gasteiger partial charge in [0, 0.05) is 11.5 Å². The summed E-state index contributed by atoms with van der Waals surface area (Å²) in [5.74, 6) is 1.35. The normalized spacial score (nSPS) is 11.3. The Bertz CT molecular complexity index is 1030. The molecular weight excluding hydrogens is 360 g/mol. The van der Waals surface area contributed by atoms with Crippen molar-refractivity contribution in [1.29, 1.82) is 0 Å². The molecule has 0 unspecified atom stereocenters. The second-order valence-corrected chi connectivity index (χ2v) is 6.41. The first-order valence-corrected chi connectivity index (χ1v) is 8.72. The Morgan fingerprint density at radius 2 is 1.93 bits per heavy atom. The van der Waals surface area contributed by atoms with Gasteiger partial charge >= 0.3 is 5.96 Å². The predicted octanol–water partition coefficient (Wildman–Crippen LogP) is 1.46. The monoisotopic (exact) mass is 381 g/mol. The summed E-state index contributed by atoms with van der Waals surface area (Å²) in [6, 6.07) is 13.5. The zero-order valence-corrected chi connectivity index (χ0v) is 16.1. The zero-order chi connectivity index (χ0) is 19.4. The van der Waals surface area contributed by atoms with Gasteiger partial charge in [-0.25, -0.2) is 20.3 Å². The fourth-order valence-electron chi connectivity index (χ4n) is 2.59. The van der Waals surface area contributed by atoms with E-state index in [1.54, 1.807) is 7.11 Å². The molecule has 1 heterocycles. The van der Waals surface area contributed by atoms with Gasteiger partial charge in [-0.3, -0.25) is 5.32 Å². The lowest BCUT2D eigenvalue weighted by atomic mass is 10.1. The van der Waals surface area contributed by atoms with E-state index in [1.165, 1.54) is 0 Å². The number of rotatable bonds is 3. The first kappa shape index (κ1) is 18.5. The summed E-state index contributed by atoms with van der Waals surface area (Å²) >= 11 is 5.28. The molecule has 0 fully saturated rings. The summed E-state index contributed by atoms with van der Waals surface area (Å²) in [4.78, 5) is 11.8. The van der Waals surface area contributed by atoms with Crippen LogP contribution >= 0.6 is 12.2 Å². The number of methoxy groups -OCH3 is 1. The van der Waals surface area contributed by atoms with E-state index in [-0.39, 0.29) is 5.96 Å². The molecule has 8 heteroatoms. The van der Waals surface area contributed by atoms with Crippen molar-refractivity contribution in [3.8, 4) is 5.75 Å². The third-order valence-electron chi connectivity index (χ3n) is 3.86. The maximum atomic E-state index is 6.00. The maximum absolute atomic E-state index is 6.00. The number of fused-ring (bicyclic) bond motifs is 1. The molecule has 0 bridgehead atoms. The van der Waals surface area contributed by atoms with Gasteiger partial charge in [-0.15, -0.1) is 0 Å². The van der Waals surface area contributed by atoms with Gasteiger partial charge in [0.15, 0.2) is 0 Å². The number of ether oxygens (including phenoxy) is 1. The third-order valence-corrected chi connectivity index (χ3v) is 4.07. The van der Waals surface area contributed by atoms with Gasteiger partial charge in [0.25, 0.3) is 11.1 Å². The summed E-state index contributed by atoms with van der Waals surface area (Å²) in [7, 11) is 1.61. The third kappa shape index (κ3) is 4.68. The van der Waals surface area contributed by atoms with Gasteiger partial charge in [-0.05, 0) is 50.3 Å². The topological polar surface area (TPSA) is 99.1 Å². The number of nitrogens with one attached hydrogen (secondary N) is 3. The number of guanidine groups is 1. The highest BCUT2D eigenvalue weighted by molar-refractivity contribution is 7.80. The number of anilines is 2. The first-order valence-electron chi connectivity index (χ1n) is 8.31. The van der Waals surface area contributed by atoms with Crippen molar-refractivity contribution in [3.05, 3.63) is 53.7 Å². The van der Waals surface area contributed by atoms with E-state index >= 15 is 0 Å². The van der Waals surface area contributed by atoms with E-state index in [0.717, 1.165) is 33.6 Å². The molecule has 0 aliphatic carbocycles. The van der Waals surface area contributed by atoms with Gasteiger partial charge in [0.05, 0.1) is 24.0 Å². The van der Waals surface area contributed by atoms with E-state index in [2.05, 4.69) is 31.7 Å². The van der Waals surface area contributed by atoms with E-state index in [4.69, 9.17) is 22.7 Å². The lowest BCUT2D eigenvalue weighted by Crippen LogP contribution is -2.82. The molecule has 3 aromatic rings. The Kier molecular flexibility index (Phi) is 5.46. The minimum Gasteiger partial charge on any atom is -0.497 e. The van der Waals surface area contributed by atoms with Crippen LogP contribution in [-0.2, 0) is 0 Å². The van der Waals surface area contributed by atoms with Crippen LogP contribution in [0, 0.1) is 13.8 Å². The standard InChI is InChI=1S/C19H20N6OS/c1-11-7-8-16-15(9-11)12(2)21-18(23-16)24-17(20)25-19(27)22-13-5-4-6-14(10-13)26-3/h4-10H,1-3H3,(H4,20,21,22,23,24,25,27)/p+1. The van der Waals surface area contributed by atoms with Crippen LogP contribution in [0.3, 0.4) is 0 Å². The second-order valence-electron chi connectivity index (χ2n) is 6.00. The van der Waals surface area contributed by atoms with Crippen LogP contribution in [0.5, 0.6) is 5.75 Å². The quantitative estimate of drug-likeness (QED) is 0.310. The van der Waals surface area contributed by atoms with Gasteiger partial charge in [-0.1, -0.05) is 17.7 Å². The Labute approximate surface area is 162 Å². The van der Waals surface area contributed by atoms with Crippen LogP contribution in [0.4, 0.5) is 11.6 Å². The Morgan fingerprint density at radius 3 is 2.70 bits per heavy atom.